The molecule has 31 heavy (non-hydrogen) atoms. The number of hydrogen-bond acceptors (Lipinski definition) is 4. The van der Waals surface area contributed by atoms with Gasteiger partial charge >= 0.3 is 0 Å². The second kappa shape index (κ2) is 7.99. The topological polar surface area (TPSA) is 32.3 Å². The van der Waals surface area contributed by atoms with E-state index in [1.807, 2.05) is 6.20 Å². The highest BCUT2D eigenvalue weighted by Crippen LogP contribution is 2.50. The van der Waals surface area contributed by atoms with E-state index in [-0.39, 0.29) is 6.17 Å². The van der Waals surface area contributed by atoms with E-state index < -0.39 is 0 Å². The average Bonchev–Trinajstić information content (AvgIpc) is 3.06. The zero-order valence-corrected chi connectivity index (χ0v) is 19.0. The summed E-state index contributed by atoms with van der Waals surface area (Å²) in [4.78, 5) is 14.8. The number of aryl methyl sites for hydroxylation is 1. The van der Waals surface area contributed by atoms with E-state index in [4.69, 9.17) is 9.97 Å². The molecule has 0 amide bonds. The maximum absolute atomic E-state index is 5.08. The van der Waals surface area contributed by atoms with Crippen LogP contribution in [-0.4, -0.2) is 23.2 Å². The number of hydrogen-bond donors (Lipinski definition) is 0. The molecule has 5 rings (SSSR count). The van der Waals surface area contributed by atoms with Crippen molar-refractivity contribution < 1.29 is 0 Å². The first-order valence-electron chi connectivity index (χ1n) is 11.7. The Balaban J connectivity index is 1.65. The Morgan fingerprint density at radius 2 is 1.71 bits per heavy atom. The van der Waals surface area contributed by atoms with Gasteiger partial charge < -0.3 is 9.80 Å². The second-order valence-electron chi connectivity index (χ2n) is 9.00. The van der Waals surface area contributed by atoms with Crippen LogP contribution in [0, 0.1) is 12.8 Å². The smallest absolute Gasteiger partial charge is 0.161 e. The predicted molar refractivity (Wildman–Crippen MR) is 129 cm³/mol. The SMILES string of the molecule is CCC1CCC2N(C)c3nc(-c4ccccc4C)ncc3N2c2ccccc2C1CC. The van der Waals surface area contributed by atoms with Crippen LogP contribution in [0.15, 0.2) is 54.7 Å². The molecule has 3 aromatic rings. The lowest BCUT2D eigenvalue weighted by molar-refractivity contribution is 0.344. The summed E-state index contributed by atoms with van der Waals surface area (Å²) in [5.41, 5.74) is 6.25. The van der Waals surface area contributed by atoms with Gasteiger partial charge in [0.25, 0.3) is 0 Å². The first kappa shape index (κ1) is 20.0. The maximum Gasteiger partial charge on any atom is 0.161 e. The molecular formula is C27H32N4. The molecule has 0 spiro atoms. The van der Waals surface area contributed by atoms with Crippen molar-refractivity contribution in [1.29, 1.82) is 0 Å². The fraction of sp³-hybridized carbons (Fsp3) is 0.407. The Morgan fingerprint density at radius 1 is 0.935 bits per heavy atom. The molecule has 3 heterocycles. The molecule has 160 valence electrons. The van der Waals surface area contributed by atoms with E-state index in [9.17, 15) is 0 Å². The lowest BCUT2D eigenvalue weighted by Crippen LogP contribution is -2.41. The minimum absolute atomic E-state index is 0.282. The summed E-state index contributed by atoms with van der Waals surface area (Å²) in [5.74, 6) is 3.17. The van der Waals surface area contributed by atoms with Gasteiger partial charge in [0, 0.05) is 18.3 Å². The largest absolute Gasteiger partial charge is 0.337 e. The summed E-state index contributed by atoms with van der Waals surface area (Å²) in [7, 11) is 2.20. The molecular weight excluding hydrogens is 380 g/mol. The summed E-state index contributed by atoms with van der Waals surface area (Å²) in [6, 6.07) is 17.4. The number of rotatable bonds is 3. The molecule has 4 nitrogen and oxygen atoms in total. The number of aromatic nitrogens is 2. The quantitative estimate of drug-likeness (QED) is 0.480. The summed E-state index contributed by atoms with van der Waals surface area (Å²) in [6.07, 6.45) is 7.10. The summed E-state index contributed by atoms with van der Waals surface area (Å²) in [6.45, 7) is 6.81. The molecule has 0 aliphatic carbocycles. The van der Waals surface area contributed by atoms with E-state index in [1.54, 1.807) is 0 Å². The van der Waals surface area contributed by atoms with Gasteiger partial charge in [-0.05, 0) is 55.2 Å². The summed E-state index contributed by atoms with van der Waals surface area (Å²) >= 11 is 0. The third-order valence-corrected chi connectivity index (χ3v) is 7.40. The number of fused-ring (bicyclic) bond motifs is 5. The Bertz CT molecular complexity index is 1090. The van der Waals surface area contributed by atoms with Gasteiger partial charge in [-0.2, -0.15) is 0 Å². The number of benzene rings is 2. The van der Waals surface area contributed by atoms with Crippen LogP contribution in [0.5, 0.6) is 0 Å². The third-order valence-electron chi connectivity index (χ3n) is 7.40. The van der Waals surface area contributed by atoms with Crippen molar-refractivity contribution in [3.05, 3.63) is 65.9 Å². The van der Waals surface area contributed by atoms with E-state index in [0.717, 1.165) is 35.2 Å². The van der Waals surface area contributed by atoms with Crippen molar-refractivity contribution in [2.75, 3.05) is 16.8 Å². The van der Waals surface area contributed by atoms with Crippen molar-refractivity contribution in [1.82, 2.24) is 9.97 Å². The van der Waals surface area contributed by atoms with Gasteiger partial charge in [0.15, 0.2) is 11.6 Å². The number of anilines is 3. The van der Waals surface area contributed by atoms with Crippen molar-refractivity contribution in [2.24, 2.45) is 5.92 Å². The van der Waals surface area contributed by atoms with E-state index in [2.05, 4.69) is 86.1 Å². The van der Waals surface area contributed by atoms with Crippen LogP contribution in [0.2, 0.25) is 0 Å². The molecule has 2 aromatic carbocycles. The fourth-order valence-corrected chi connectivity index (χ4v) is 5.72. The standard InChI is InChI=1S/C27H32N4/c1-5-19-15-16-25-30(4)27-24(17-28-26(29-27)21-12-8-7-11-18(21)3)31(25)23-14-10-9-13-22(23)20(19)6-2/h7-14,17,19-20,25H,5-6,15-16H2,1-4H3. The van der Waals surface area contributed by atoms with Gasteiger partial charge in [-0.15, -0.1) is 0 Å². The molecule has 2 aliphatic rings. The molecule has 0 fully saturated rings. The van der Waals surface area contributed by atoms with Crippen LogP contribution >= 0.6 is 0 Å². The highest BCUT2D eigenvalue weighted by atomic mass is 15.4. The van der Waals surface area contributed by atoms with Crippen molar-refractivity contribution in [2.45, 2.75) is 58.5 Å². The minimum atomic E-state index is 0.282. The summed E-state index contributed by atoms with van der Waals surface area (Å²) < 4.78 is 0. The van der Waals surface area contributed by atoms with Crippen LogP contribution in [-0.2, 0) is 0 Å². The molecule has 0 N–H and O–H groups in total. The first-order chi connectivity index (χ1) is 15.1. The third kappa shape index (κ3) is 3.20. The van der Waals surface area contributed by atoms with Gasteiger partial charge in [-0.3, -0.25) is 0 Å². The zero-order chi connectivity index (χ0) is 21.5. The molecule has 0 radical (unpaired) electrons. The predicted octanol–water partition coefficient (Wildman–Crippen LogP) is 6.68. The van der Waals surface area contributed by atoms with Crippen molar-refractivity contribution >= 4 is 17.2 Å². The lowest BCUT2D eigenvalue weighted by Gasteiger charge is -2.39. The van der Waals surface area contributed by atoms with Gasteiger partial charge in [0.05, 0.1) is 6.20 Å². The van der Waals surface area contributed by atoms with E-state index in [1.165, 1.54) is 36.1 Å². The second-order valence-corrected chi connectivity index (χ2v) is 9.00. The van der Waals surface area contributed by atoms with E-state index in [0.29, 0.717) is 5.92 Å². The zero-order valence-electron chi connectivity index (χ0n) is 19.0. The van der Waals surface area contributed by atoms with Gasteiger partial charge in [-0.1, -0.05) is 62.7 Å². The molecule has 2 aliphatic heterocycles. The molecule has 0 bridgehead atoms. The van der Waals surface area contributed by atoms with Gasteiger partial charge in [-0.25, -0.2) is 9.97 Å². The normalized spacial score (nSPS) is 22.4. The average molecular weight is 413 g/mol. The highest BCUT2D eigenvalue weighted by Gasteiger charge is 2.40. The van der Waals surface area contributed by atoms with Gasteiger partial charge in [0.2, 0.25) is 0 Å². The Kier molecular flexibility index (Phi) is 5.17. The van der Waals surface area contributed by atoms with Gasteiger partial charge in [0.1, 0.15) is 11.9 Å². The fourth-order valence-electron chi connectivity index (χ4n) is 5.72. The molecule has 3 unspecified atom stereocenters. The first-order valence-corrected chi connectivity index (χ1v) is 11.7. The molecule has 0 saturated carbocycles. The monoisotopic (exact) mass is 412 g/mol. The minimum Gasteiger partial charge on any atom is -0.337 e. The van der Waals surface area contributed by atoms with Crippen molar-refractivity contribution in [3.63, 3.8) is 0 Å². The van der Waals surface area contributed by atoms with Crippen LogP contribution < -0.4 is 9.80 Å². The Morgan fingerprint density at radius 3 is 2.48 bits per heavy atom. The lowest BCUT2D eigenvalue weighted by atomic mass is 9.77. The van der Waals surface area contributed by atoms with Crippen LogP contribution in [0.1, 0.15) is 56.6 Å². The Labute approximate surface area is 186 Å². The number of para-hydroxylation sites is 1. The number of nitrogens with zero attached hydrogens (tertiary/aromatic N) is 4. The molecule has 0 saturated heterocycles. The summed E-state index contributed by atoms with van der Waals surface area (Å²) in [5, 5.41) is 0. The van der Waals surface area contributed by atoms with Crippen LogP contribution in [0.3, 0.4) is 0 Å². The maximum atomic E-state index is 5.08. The molecule has 3 atom stereocenters. The Hall–Kier alpha value is -2.88. The van der Waals surface area contributed by atoms with Crippen molar-refractivity contribution in [3.8, 4) is 11.4 Å². The highest BCUT2D eigenvalue weighted by molar-refractivity contribution is 5.83. The van der Waals surface area contributed by atoms with Crippen LogP contribution in [0.4, 0.5) is 17.2 Å². The molecule has 1 aromatic heterocycles. The van der Waals surface area contributed by atoms with E-state index >= 15 is 0 Å². The molecule has 4 heteroatoms. The van der Waals surface area contributed by atoms with Crippen LogP contribution in [0.25, 0.3) is 11.4 Å².